The first-order valence-corrected chi connectivity index (χ1v) is 11.3. The van der Waals surface area contributed by atoms with Gasteiger partial charge in [-0.25, -0.2) is 4.98 Å². The van der Waals surface area contributed by atoms with Gasteiger partial charge in [-0.1, -0.05) is 41.2 Å². The van der Waals surface area contributed by atoms with E-state index in [0.717, 1.165) is 37.7 Å². The van der Waals surface area contributed by atoms with Crippen molar-refractivity contribution in [2.75, 3.05) is 4.90 Å². The number of hydrogen-bond donors (Lipinski definition) is 0. The van der Waals surface area contributed by atoms with Crippen molar-refractivity contribution >= 4 is 32.6 Å². The molecule has 4 rings (SSSR count). The van der Waals surface area contributed by atoms with Crippen molar-refractivity contribution in [2.45, 2.75) is 47.6 Å². The Hall–Kier alpha value is -3.05. The minimum Gasteiger partial charge on any atom is -0.282 e. The number of nitrogens with zero attached hydrogens (tertiary/aromatic N) is 3. The number of anilines is 1. The van der Waals surface area contributed by atoms with Crippen LogP contribution < -0.4 is 4.90 Å². The van der Waals surface area contributed by atoms with Crippen LogP contribution in [0.5, 0.6) is 0 Å². The highest BCUT2D eigenvalue weighted by molar-refractivity contribution is 7.22. The summed E-state index contributed by atoms with van der Waals surface area (Å²) >= 11 is 1.58. The first-order valence-electron chi connectivity index (χ1n) is 10.5. The third-order valence-electron chi connectivity index (χ3n) is 5.56. The summed E-state index contributed by atoms with van der Waals surface area (Å²) in [5, 5.41) is 0.724. The minimum absolute atomic E-state index is 0.0362. The Labute approximate surface area is 187 Å². The first kappa shape index (κ1) is 21.2. The Morgan fingerprint density at radius 1 is 0.935 bits per heavy atom. The molecule has 2 aromatic carbocycles. The monoisotopic (exact) mass is 429 g/mol. The van der Waals surface area contributed by atoms with Crippen LogP contribution in [0.1, 0.15) is 39.1 Å². The molecule has 0 unspecified atom stereocenters. The molecular weight excluding hydrogens is 402 g/mol. The second-order valence-electron chi connectivity index (χ2n) is 8.28. The Bertz CT molecular complexity index is 1240. The third-order valence-corrected chi connectivity index (χ3v) is 6.78. The molecule has 5 heteroatoms. The number of carbonyl (C=O) groups is 1. The van der Waals surface area contributed by atoms with Crippen molar-refractivity contribution in [3.8, 4) is 0 Å². The van der Waals surface area contributed by atoms with Gasteiger partial charge < -0.3 is 0 Å². The van der Waals surface area contributed by atoms with Crippen molar-refractivity contribution in [1.82, 2.24) is 9.97 Å². The number of rotatable bonds is 5. The van der Waals surface area contributed by atoms with Crippen LogP contribution in [0.15, 0.2) is 48.7 Å². The number of amides is 1. The maximum atomic E-state index is 13.6. The highest BCUT2D eigenvalue weighted by atomic mass is 32.1. The number of carbonyl (C=O) groups excluding carboxylic acids is 1. The lowest BCUT2D eigenvalue weighted by molar-refractivity contribution is -0.118. The minimum atomic E-state index is 0.0362. The average molecular weight is 430 g/mol. The van der Waals surface area contributed by atoms with Gasteiger partial charge in [-0.2, -0.15) is 0 Å². The molecule has 158 valence electrons. The summed E-state index contributed by atoms with van der Waals surface area (Å²) in [6.45, 7) is 10.8. The van der Waals surface area contributed by atoms with Gasteiger partial charge in [0, 0.05) is 6.20 Å². The second kappa shape index (κ2) is 8.60. The van der Waals surface area contributed by atoms with Crippen LogP contribution in [0.25, 0.3) is 10.2 Å². The summed E-state index contributed by atoms with van der Waals surface area (Å²) in [6.07, 6.45) is 2.11. The molecular formula is C26H27N3OS. The van der Waals surface area contributed by atoms with Crippen molar-refractivity contribution in [2.24, 2.45) is 0 Å². The smallest absolute Gasteiger partial charge is 0.233 e. The fraction of sp³-hybridized carbons (Fsp3) is 0.269. The van der Waals surface area contributed by atoms with Gasteiger partial charge in [0.15, 0.2) is 5.13 Å². The quantitative estimate of drug-likeness (QED) is 0.390. The molecule has 0 radical (unpaired) electrons. The molecule has 4 aromatic rings. The molecule has 2 heterocycles. The molecule has 0 saturated heterocycles. The van der Waals surface area contributed by atoms with E-state index < -0.39 is 0 Å². The van der Waals surface area contributed by atoms with Gasteiger partial charge in [-0.3, -0.25) is 14.7 Å². The zero-order chi connectivity index (χ0) is 22.1. The second-order valence-corrected chi connectivity index (χ2v) is 9.26. The maximum absolute atomic E-state index is 13.6. The summed E-state index contributed by atoms with van der Waals surface area (Å²) in [5.74, 6) is 0.0362. The lowest BCUT2D eigenvalue weighted by Crippen LogP contribution is -2.32. The van der Waals surface area contributed by atoms with Gasteiger partial charge in [0.05, 0.1) is 28.9 Å². The molecule has 0 saturated carbocycles. The highest BCUT2D eigenvalue weighted by Gasteiger charge is 2.23. The average Bonchev–Trinajstić information content (AvgIpc) is 3.13. The van der Waals surface area contributed by atoms with E-state index in [0.29, 0.717) is 13.0 Å². The van der Waals surface area contributed by atoms with E-state index in [1.54, 1.807) is 22.4 Å². The van der Waals surface area contributed by atoms with Crippen molar-refractivity contribution in [3.63, 3.8) is 0 Å². The van der Waals surface area contributed by atoms with E-state index in [-0.39, 0.29) is 5.91 Å². The Morgan fingerprint density at radius 3 is 2.29 bits per heavy atom. The normalized spacial score (nSPS) is 11.1. The number of aryl methyl sites for hydroxylation is 5. The third kappa shape index (κ3) is 4.52. The van der Waals surface area contributed by atoms with E-state index in [2.05, 4.69) is 63.9 Å². The Kier molecular flexibility index (Phi) is 5.88. The number of thiazole rings is 1. The molecule has 2 aromatic heterocycles. The summed E-state index contributed by atoms with van der Waals surface area (Å²) in [7, 11) is 0. The number of hydrogen-bond acceptors (Lipinski definition) is 4. The SMILES string of the molecule is Cc1cc(C)c(CC(=O)N(Cc2ccccn2)c2nc3cc(C)cc(C)c3s2)c(C)c1. The standard InChI is InChI=1S/C26H27N3OS/c1-16-10-18(3)22(19(4)11-16)14-24(30)29(15-21-8-6-7-9-27-21)26-28-23-13-17(2)12-20(5)25(23)31-26/h6-13H,14-15H2,1-5H3. The summed E-state index contributed by atoms with van der Waals surface area (Å²) in [5.41, 5.74) is 8.77. The zero-order valence-electron chi connectivity index (χ0n) is 18.7. The largest absolute Gasteiger partial charge is 0.282 e. The fourth-order valence-corrected chi connectivity index (χ4v) is 5.16. The van der Waals surface area contributed by atoms with Crippen LogP contribution in [-0.4, -0.2) is 15.9 Å². The molecule has 4 nitrogen and oxygen atoms in total. The lowest BCUT2D eigenvalue weighted by atomic mass is 9.97. The molecule has 0 aliphatic rings. The van der Waals surface area contributed by atoms with Crippen molar-refractivity contribution in [1.29, 1.82) is 0 Å². The van der Waals surface area contributed by atoms with Gasteiger partial charge in [0.1, 0.15) is 0 Å². The van der Waals surface area contributed by atoms with Crippen LogP contribution >= 0.6 is 11.3 Å². The molecule has 0 N–H and O–H groups in total. The first-order chi connectivity index (χ1) is 14.8. The summed E-state index contributed by atoms with van der Waals surface area (Å²) in [4.78, 5) is 24.7. The number of benzene rings is 2. The maximum Gasteiger partial charge on any atom is 0.233 e. The van der Waals surface area contributed by atoms with E-state index >= 15 is 0 Å². The predicted molar refractivity (Wildman–Crippen MR) is 129 cm³/mol. The van der Waals surface area contributed by atoms with Gasteiger partial charge in [0.25, 0.3) is 0 Å². The van der Waals surface area contributed by atoms with E-state index in [1.807, 2.05) is 18.2 Å². The molecule has 0 aliphatic carbocycles. The highest BCUT2D eigenvalue weighted by Crippen LogP contribution is 2.33. The van der Waals surface area contributed by atoms with E-state index in [1.165, 1.54) is 16.7 Å². The van der Waals surface area contributed by atoms with Crippen LogP contribution in [0.2, 0.25) is 0 Å². The fourth-order valence-electron chi connectivity index (χ4n) is 4.13. The lowest BCUT2D eigenvalue weighted by Gasteiger charge is -2.21. The van der Waals surface area contributed by atoms with Gasteiger partial charge in [-0.15, -0.1) is 0 Å². The molecule has 1 amide bonds. The molecule has 0 fully saturated rings. The molecule has 0 bridgehead atoms. The number of aromatic nitrogens is 2. The number of pyridine rings is 1. The topological polar surface area (TPSA) is 46.1 Å². The predicted octanol–water partition coefficient (Wildman–Crippen LogP) is 6.01. The van der Waals surface area contributed by atoms with E-state index in [4.69, 9.17) is 4.98 Å². The molecule has 0 spiro atoms. The van der Waals surface area contributed by atoms with Crippen molar-refractivity contribution < 1.29 is 4.79 Å². The van der Waals surface area contributed by atoms with Gasteiger partial charge in [-0.05, 0) is 80.6 Å². The van der Waals surface area contributed by atoms with Crippen molar-refractivity contribution in [3.05, 3.63) is 87.7 Å². The Balaban J connectivity index is 1.74. The molecule has 0 atom stereocenters. The Morgan fingerprint density at radius 2 is 1.61 bits per heavy atom. The van der Waals surface area contributed by atoms with Gasteiger partial charge in [0.2, 0.25) is 5.91 Å². The molecule has 0 aliphatic heterocycles. The van der Waals surface area contributed by atoms with Crippen LogP contribution in [0.4, 0.5) is 5.13 Å². The molecule has 31 heavy (non-hydrogen) atoms. The summed E-state index contributed by atoms with van der Waals surface area (Å²) < 4.78 is 1.13. The van der Waals surface area contributed by atoms with Crippen LogP contribution in [0, 0.1) is 34.6 Å². The van der Waals surface area contributed by atoms with E-state index in [9.17, 15) is 4.79 Å². The number of fused-ring (bicyclic) bond motifs is 1. The summed E-state index contributed by atoms with van der Waals surface area (Å²) in [6, 6.07) is 14.3. The zero-order valence-corrected chi connectivity index (χ0v) is 19.5. The van der Waals surface area contributed by atoms with Crippen LogP contribution in [-0.2, 0) is 17.8 Å². The van der Waals surface area contributed by atoms with Gasteiger partial charge >= 0.3 is 0 Å². The van der Waals surface area contributed by atoms with Crippen LogP contribution in [0.3, 0.4) is 0 Å².